The monoisotopic (exact) mass is 1090 g/mol. The lowest BCUT2D eigenvalue weighted by molar-refractivity contribution is -0.167. The van der Waals surface area contributed by atoms with Crippen molar-refractivity contribution in [2.75, 3.05) is 13.2 Å². The summed E-state index contributed by atoms with van der Waals surface area (Å²) in [6.07, 6.45) is 93.3. The van der Waals surface area contributed by atoms with Gasteiger partial charge in [-0.3, -0.25) is 14.4 Å². The molecule has 0 aromatic rings. The van der Waals surface area contributed by atoms with E-state index in [1.807, 2.05) is 0 Å². The molecule has 0 amide bonds. The number of hydrogen-bond acceptors (Lipinski definition) is 6. The van der Waals surface area contributed by atoms with Gasteiger partial charge < -0.3 is 14.2 Å². The minimum Gasteiger partial charge on any atom is -0.462 e. The number of unbranched alkanes of at least 4 members (excludes halogenated alkanes) is 25. The van der Waals surface area contributed by atoms with Crippen LogP contribution in [0.25, 0.3) is 0 Å². The number of esters is 3. The van der Waals surface area contributed by atoms with Crippen LogP contribution in [-0.4, -0.2) is 37.2 Å². The number of carbonyl (C=O) groups excluding carboxylic acids is 3. The Bertz CT molecular complexity index is 1680. The van der Waals surface area contributed by atoms with Crippen molar-refractivity contribution in [1.29, 1.82) is 0 Å². The van der Waals surface area contributed by atoms with E-state index in [0.717, 1.165) is 116 Å². The molecule has 448 valence electrons. The number of hydrogen-bond donors (Lipinski definition) is 0. The first-order chi connectivity index (χ1) is 39.0. The van der Waals surface area contributed by atoms with Crippen molar-refractivity contribution in [3.8, 4) is 0 Å². The van der Waals surface area contributed by atoms with Crippen molar-refractivity contribution in [1.82, 2.24) is 0 Å². The van der Waals surface area contributed by atoms with Gasteiger partial charge in [0, 0.05) is 19.3 Å². The van der Waals surface area contributed by atoms with Gasteiger partial charge in [0.2, 0.25) is 0 Å². The van der Waals surface area contributed by atoms with Crippen LogP contribution in [-0.2, 0) is 28.6 Å². The van der Waals surface area contributed by atoms with Gasteiger partial charge in [-0.25, -0.2) is 0 Å². The molecule has 0 bridgehead atoms. The molecule has 0 rings (SSSR count). The molecule has 0 radical (unpaired) electrons. The highest BCUT2D eigenvalue weighted by atomic mass is 16.6. The van der Waals surface area contributed by atoms with Gasteiger partial charge in [0.1, 0.15) is 13.2 Å². The van der Waals surface area contributed by atoms with Crippen molar-refractivity contribution in [3.05, 3.63) is 134 Å². The molecule has 0 aliphatic heterocycles. The van der Waals surface area contributed by atoms with Gasteiger partial charge in [-0.1, -0.05) is 270 Å². The van der Waals surface area contributed by atoms with E-state index in [2.05, 4.69) is 154 Å². The second-order valence-electron chi connectivity index (χ2n) is 21.3. The van der Waals surface area contributed by atoms with Gasteiger partial charge in [0.25, 0.3) is 0 Å². The molecule has 0 N–H and O–H groups in total. The molecule has 0 saturated heterocycles. The SMILES string of the molecule is CC/C=C\C/C=C\C/C=C\C/C=C\C/C=C\CCCCCC(=O)OC(COC(=O)CCCC/C=C\C/C=C\C/C=C\C/C=C\CC)COC(=O)CCCCCCCCCCCCCCCCC/C=C\C/C=C\CCCCCCC. The molecule has 0 saturated carbocycles. The minimum absolute atomic E-state index is 0.108. The summed E-state index contributed by atoms with van der Waals surface area (Å²) in [5, 5.41) is 0. The highest BCUT2D eigenvalue weighted by Crippen LogP contribution is 2.16. The average molecular weight is 1090 g/mol. The number of rotatable bonds is 58. The first-order valence-electron chi connectivity index (χ1n) is 32.7. The van der Waals surface area contributed by atoms with E-state index in [1.54, 1.807) is 0 Å². The fourth-order valence-corrected chi connectivity index (χ4v) is 8.79. The van der Waals surface area contributed by atoms with Crippen molar-refractivity contribution in [3.63, 3.8) is 0 Å². The van der Waals surface area contributed by atoms with Gasteiger partial charge in [-0.15, -0.1) is 0 Å². The summed E-state index contributed by atoms with van der Waals surface area (Å²) in [4.78, 5) is 38.3. The molecule has 0 aromatic carbocycles. The molecule has 6 nitrogen and oxygen atoms in total. The Morgan fingerprint density at radius 2 is 0.494 bits per heavy atom. The number of allylic oxidation sites excluding steroid dienone is 22. The lowest BCUT2D eigenvalue weighted by atomic mass is 10.0. The lowest BCUT2D eigenvalue weighted by Gasteiger charge is -2.18. The Balaban J connectivity index is 4.39. The maximum atomic E-state index is 12.9. The standard InChI is InChI=1S/C73H120O6/c1-4-7-10-13-16-19-22-25-28-30-32-33-34-35-36-37-38-39-41-42-45-48-51-54-57-60-63-66-72(75)78-69-70(68-77-71(74)65-62-59-56-53-50-47-44-27-24-21-18-15-12-9-6-3)79-73(76)67-64-61-58-55-52-49-46-43-40-31-29-26-23-20-17-14-11-8-5-2/h8-9,11-12,17-18,20-22,25-27,29-30,32,40,43-44,49-50,52-53,70H,4-7,10,13-16,19,23-24,28,31,33-39,41-42,45-48,51,54-69H2,1-3H3/b11-8-,12-9-,20-17-,21-18-,25-22-,29-26-,32-30-,43-40-,44-27-,52-49-,53-50-. The van der Waals surface area contributed by atoms with Crippen LogP contribution in [0.15, 0.2) is 134 Å². The van der Waals surface area contributed by atoms with E-state index < -0.39 is 6.10 Å². The molecule has 1 unspecified atom stereocenters. The van der Waals surface area contributed by atoms with Crippen molar-refractivity contribution in [2.24, 2.45) is 0 Å². The lowest BCUT2D eigenvalue weighted by Crippen LogP contribution is -2.30. The third-order valence-electron chi connectivity index (χ3n) is 13.6. The first kappa shape index (κ1) is 74.5. The van der Waals surface area contributed by atoms with E-state index in [-0.39, 0.29) is 37.5 Å². The van der Waals surface area contributed by atoms with E-state index in [1.165, 1.54) is 122 Å². The molecule has 0 aromatic heterocycles. The Kier molecular flexibility index (Phi) is 62.3. The molecule has 0 fully saturated rings. The second-order valence-corrected chi connectivity index (χ2v) is 21.3. The zero-order valence-electron chi connectivity index (χ0n) is 51.3. The molecular formula is C73H120O6. The Morgan fingerprint density at radius 3 is 0.810 bits per heavy atom. The molecule has 0 heterocycles. The third-order valence-corrected chi connectivity index (χ3v) is 13.6. The van der Waals surface area contributed by atoms with E-state index in [0.29, 0.717) is 25.7 Å². The van der Waals surface area contributed by atoms with Crippen LogP contribution >= 0.6 is 0 Å². The normalized spacial score (nSPS) is 13.0. The predicted molar refractivity (Wildman–Crippen MR) is 343 cm³/mol. The number of ether oxygens (including phenoxy) is 3. The largest absolute Gasteiger partial charge is 0.462 e. The number of carbonyl (C=O) groups is 3. The maximum Gasteiger partial charge on any atom is 0.306 e. The van der Waals surface area contributed by atoms with Crippen LogP contribution in [0.3, 0.4) is 0 Å². The smallest absolute Gasteiger partial charge is 0.306 e. The van der Waals surface area contributed by atoms with Crippen LogP contribution in [0.4, 0.5) is 0 Å². The molecule has 0 aliphatic rings. The van der Waals surface area contributed by atoms with Crippen LogP contribution in [0.1, 0.15) is 290 Å². The Hall–Kier alpha value is -4.45. The van der Waals surface area contributed by atoms with Crippen LogP contribution in [0.5, 0.6) is 0 Å². The van der Waals surface area contributed by atoms with Crippen molar-refractivity contribution in [2.45, 2.75) is 297 Å². The van der Waals surface area contributed by atoms with Gasteiger partial charge in [-0.2, -0.15) is 0 Å². The summed E-state index contributed by atoms with van der Waals surface area (Å²) in [5.41, 5.74) is 0. The van der Waals surface area contributed by atoms with Gasteiger partial charge >= 0.3 is 17.9 Å². The third kappa shape index (κ3) is 64.3. The summed E-state index contributed by atoms with van der Waals surface area (Å²) >= 11 is 0. The van der Waals surface area contributed by atoms with Crippen molar-refractivity contribution >= 4 is 17.9 Å². The summed E-state index contributed by atoms with van der Waals surface area (Å²) in [5.74, 6) is -0.981. The van der Waals surface area contributed by atoms with Crippen LogP contribution in [0, 0.1) is 0 Å². The average Bonchev–Trinajstić information content (AvgIpc) is 3.45. The maximum absolute atomic E-state index is 12.9. The van der Waals surface area contributed by atoms with Gasteiger partial charge in [-0.05, 0) is 135 Å². The molecule has 0 spiro atoms. The highest BCUT2D eigenvalue weighted by Gasteiger charge is 2.19. The first-order valence-corrected chi connectivity index (χ1v) is 32.7. The quantitative estimate of drug-likeness (QED) is 0.0261. The molecule has 6 heteroatoms. The minimum atomic E-state index is -0.818. The fourth-order valence-electron chi connectivity index (χ4n) is 8.79. The van der Waals surface area contributed by atoms with Crippen molar-refractivity contribution < 1.29 is 28.6 Å². The van der Waals surface area contributed by atoms with Gasteiger partial charge in [0.05, 0.1) is 0 Å². The zero-order chi connectivity index (χ0) is 57.1. The summed E-state index contributed by atoms with van der Waals surface area (Å²) in [6, 6.07) is 0. The fraction of sp³-hybridized carbons (Fsp3) is 0.658. The van der Waals surface area contributed by atoms with E-state index in [4.69, 9.17) is 14.2 Å². The van der Waals surface area contributed by atoms with Crippen LogP contribution in [0.2, 0.25) is 0 Å². The molecule has 79 heavy (non-hydrogen) atoms. The topological polar surface area (TPSA) is 78.9 Å². The molecule has 1 atom stereocenters. The molecule has 0 aliphatic carbocycles. The van der Waals surface area contributed by atoms with E-state index >= 15 is 0 Å². The summed E-state index contributed by atoms with van der Waals surface area (Å²) in [7, 11) is 0. The predicted octanol–water partition coefficient (Wildman–Crippen LogP) is 22.5. The Morgan fingerprint density at radius 1 is 0.266 bits per heavy atom. The van der Waals surface area contributed by atoms with Gasteiger partial charge in [0.15, 0.2) is 6.10 Å². The summed E-state index contributed by atoms with van der Waals surface area (Å²) in [6.45, 7) is 6.35. The summed E-state index contributed by atoms with van der Waals surface area (Å²) < 4.78 is 16.9. The Labute approximate surface area is 487 Å². The second kappa shape index (κ2) is 66.1. The van der Waals surface area contributed by atoms with E-state index in [9.17, 15) is 14.4 Å². The van der Waals surface area contributed by atoms with Crippen LogP contribution < -0.4 is 0 Å². The highest BCUT2D eigenvalue weighted by molar-refractivity contribution is 5.71. The zero-order valence-corrected chi connectivity index (χ0v) is 51.3. The molecular weight excluding hydrogens is 973 g/mol.